The minimum absolute atomic E-state index is 0.0655. The Morgan fingerprint density at radius 3 is 2.48 bits per heavy atom. The van der Waals surface area contributed by atoms with Crippen LogP contribution in [0, 0.1) is 0 Å². The second-order valence-electron chi connectivity index (χ2n) is 5.15. The van der Waals surface area contributed by atoms with Crippen molar-refractivity contribution in [1.82, 2.24) is 4.90 Å². The van der Waals surface area contributed by atoms with E-state index in [0.29, 0.717) is 24.6 Å². The molecule has 0 radical (unpaired) electrons. The molecule has 0 saturated heterocycles. The van der Waals surface area contributed by atoms with E-state index in [0.717, 1.165) is 5.56 Å². The predicted octanol–water partition coefficient (Wildman–Crippen LogP) is 2.50. The minimum atomic E-state index is -0.666. The molecule has 0 N–H and O–H groups in total. The maximum Gasteiger partial charge on any atom is 0.374 e. The molecule has 0 aliphatic carbocycles. The van der Waals surface area contributed by atoms with Gasteiger partial charge in [-0.25, -0.2) is 4.79 Å². The van der Waals surface area contributed by atoms with Crippen LogP contribution in [0.5, 0.6) is 11.5 Å². The molecule has 0 bridgehead atoms. The first-order valence-corrected chi connectivity index (χ1v) is 7.78. The van der Waals surface area contributed by atoms with Gasteiger partial charge in [-0.2, -0.15) is 0 Å². The average Bonchev–Trinajstić information content (AvgIpc) is 3.18. The molecule has 0 fully saturated rings. The third kappa shape index (κ3) is 4.76. The van der Waals surface area contributed by atoms with Crippen LogP contribution in [0.4, 0.5) is 0 Å². The van der Waals surface area contributed by atoms with Gasteiger partial charge in [0.25, 0.3) is 5.91 Å². The van der Waals surface area contributed by atoms with Gasteiger partial charge in [-0.15, -0.1) is 0 Å². The second-order valence-corrected chi connectivity index (χ2v) is 5.15. The molecule has 7 heteroatoms. The van der Waals surface area contributed by atoms with Crippen LogP contribution in [0.15, 0.2) is 41.0 Å². The van der Waals surface area contributed by atoms with E-state index in [1.54, 1.807) is 31.3 Å². The number of carbonyl (C=O) groups is 2. The highest BCUT2D eigenvalue weighted by molar-refractivity contribution is 5.88. The van der Waals surface area contributed by atoms with E-state index in [1.165, 1.54) is 12.3 Å². The number of carbonyl (C=O) groups excluding carboxylic acids is 2. The van der Waals surface area contributed by atoms with Gasteiger partial charge < -0.3 is 23.5 Å². The molecule has 7 nitrogen and oxygen atoms in total. The van der Waals surface area contributed by atoms with E-state index in [9.17, 15) is 9.59 Å². The van der Waals surface area contributed by atoms with Crippen LogP contribution in [-0.4, -0.2) is 44.1 Å². The summed E-state index contributed by atoms with van der Waals surface area (Å²) in [5.41, 5.74) is 0.880. The summed E-state index contributed by atoms with van der Waals surface area (Å²) in [4.78, 5) is 25.6. The molecule has 134 valence electrons. The maximum absolute atomic E-state index is 12.3. The molecule has 2 aromatic rings. The fourth-order valence-corrected chi connectivity index (χ4v) is 2.26. The Bertz CT molecular complexity index is 710. The van der Waals surface area contributed by atoms with Crippen molar-refractivity contribution in [2.24, 2.45) is 0 Å². The van der Waals surface area contributed by atoms with E-state index in [-0.39, 0.29) is 18.3 Å². The number of likely N-dealkylation sites (N-methyl/N-ethyl adjacent to an activating group) is 1. The molecule has 2 rings (SSSR count). The van der Waals surface area contributed by atoms with E-state index in [1.807, 2.05) is 19.1 Å². The summed E-state index contributed by atoms with van der Waals surface area (Å²) in [7, 11) is 3.12. The molecule has 0 atom stereocenters. The molecule has 1 aromatic carbocycles. The number of rotatable bonds is 8. The Hall–Kier alpha value is -2.96. The van der Waals surface area contributed by atoms with Crippen LogP contribution in [0.3, 0.4) is 0 Å². The van der Waals surface area contributed by atoms with E-state index >= 15 is 0 Å². The number of amides is 1. The summed E-state index contributed by atoms with van der Waals surface area (Å²) in [6, 6.07) is 8.50. The van der Waals surface area contributed by atoms with Gasteiger partial charge in [0.05, 0.1) is 20.5 Å². The maximum atomic E-state index is 12.3. The number of hydrogen-bond acceptors (Lipinski definition) is 6. The van der Waals surface area contributed by atoms with Crippen molar-refractivity contribution in [2.45, 2.75) is 13.5 Å². The molecule has 0 aliphatic heterocycles. The smallest absolute Gasteiger partial charge is 0.374 e. The number of ether oxygens (including phenoxy) is 3. The van der Waals surface area contributed by atoms with Crippen LogP contribution in [-0.2, 0) is 16.1 Å². The first kappa shape index (κ1) is 18.4. The topological polar surface area (TPSA) is 78.2 Å². The quantitative estimate of drug-likeness (QED) is 0.683. The highest BCUT2D eigenvalue weighted by atomic mass is 16.5. The highest BCUT2D eigenvalue weighted by Gasteiger charge is 2.17. The van der Waals surface area contributed by atoms with Gasteiger partial charge in [-0.3, -0.25) is 4.79 Å². The Labute approximate surface area is 146 Å². The van der Waals surface area contributed by atoms with Gasteiger partial charge >= 0.3 is 5.97 Å². The van der Waals surface area contributed by atoms with Gasteiger partial charge in [-0.1, -0.05) is 6.07 Å². The predicted molar refractivity (Wildman–Crippen MR) is 89.6 cm³/mol. The van der Waals surface area contributed by atoms with Gasteiger partial charge in [0.2, 0.25) is 5.76 Å². The average molecular weight is 347 g/mol. The van der Waals surface area contributed by atoms with Gasteiger partial charge in [0.15, 0.2) is 18.1 Å². The highest BCUT2D eigenvalue weighted by Crippen LogP contribution is 2.28. The molecule has 0 saturated carbocycles. The number of methoxy groups -OCH3 is 2. The molecular formula is C18H21NO6. The molecule has 1 aromatic heterocycles. The zero-order valence-corrected chi connectivity index (χ0v) is 14.5. The third-order valence-corrected chi connectivity index (χ3v) is 3.60. The lowest BCUT2D eigenvalue weighted by molar-refractivity contribution is -0.135. The van der Waals surface area contributed by atoms with Crippen molar-refractivity contribution >= 4 is 11.9 Å². The normalized spacial score (nSPS) is 10.2. The molecule has 1 amide bonds. The van der Waals surface area contributed by atoms with Crippen molar-refractivity contribution in [1.29, 1.82) is 0 Å². The SMILES string of the molecule is CCN(Cc1ccc(OC)c(OC)c1)C(=O)COC(=O)c1ccco1. The standard InChI is InChI=1S/C18H21NO6/c1-4-19(11-13-7-8-14(22-2)16(10-13)23-3)17(20)12-25-18(21)15-6-5-9-24-15/h5-10H,4,11-12H2,1-3H3. The Morgan fingerprint density at radius 1 is 1.12 bits per heavy atom. The first-order valence-electron chi connectivity index (χ1n) is 7.78. The zero-order chi connectivity index (χ0) is 18.2. The van der Waals surface area contributed by atoms with Crippen molar-refractivity contribution in [2.75, 3.05) is 27.4 Å². The van der Waals surface area contributed by atoms with E-state index < -0.39 is 5.97 Å². The Morgan fingerprint density at radius 2 is 1.88 bits per heavy atom. The number of benzene rings is 1. The summed E-state index contributed by atoms with van der Waals surface area (Å²) < 4.78 is 20.4. The third-order valence-electron chi connectivity index (χ3n) is 3.60. The number of nitrogens with zero attached hydrogens (tertiary/aromatic N) is 1. The van der Waals surface area contributed by atoms with E-state index in [2.05, 4.69) is 0 Å². The lowest BCUT2D eigenvalue weighted by Gasteiger charge is -2.21. The molecule has 1 heterocycles. The fraction of sp³-hybridized carbons (Fsp3) is 0.333. The molecule has 0 spiro atoms. The van der Waals surface area contributed by atoms with Crippen molar-refractivity contribution < 1.29 is 28.2 Å². The van der Waals surface area contributed by atoms with Crippen LogP contribution >= 0.6 is 0 Å². The van der Waals surface area contributed by atoms with Gasteiger partial charge in [0.1, 0.15) is 0 Å². The molecular weight excluding hydrogens is 326 g/mol. The van der Waals surface area contributed by atoms with E-state index in [4.69, 9.17) is 18.6 Å². The van der Waals surface area contributed by atoms with Crippen LogP contribution in [0.1, 0.15) is 23.0 Å². The summed E-state index contributed by atoms with van der Waals surface area (Å²) in [5, 5.41) is 0. The lowest BCUT2D eigenvalue weighted by Crippen LogP contribution is -2.34. The van der Waals surface area contributed by atoms with Gasteiger partial charge in [0, 0.05) is 13.1 Å². The lowest BCUT2D eigenvalue weighted by atomic mass is 10.2. The van der Waals surface area contributed by atoms with Crippen LogP contribution < -0.4 is 9.47 Å². The summed E-state index contributed by atoms with van der Waals surface area (Å²) >= 11 is 0. The summed E-state index contributed by atoms with van der Waals surface area (Å²) in [6.07, 6.45) is 1.37. The van der Waals surface area contributed by atoms with Gasteiger partial charge in [-0.05, 0) is 36.8 Å². The monoisotopic (exact) mass is 347 g/mol. The number of hydrogen-bond donors (Lipinski definition) is 0. The summed E-state index contributed by atoms with van der Waals surface area (Å²) in [5.74, 6) is 0.314. The molecule has 0 unspecified atom stereocenters. The fourth-order valence-electron chi connectivity index (χ4n) is 2.26. The molecule has 0 aliphatic rings. The Balaban J connectivity index is 1.97. The second kappa shape index (κ2) is 8.77. The largest absolute Gasteiger partial charge is 0.493 e. The Kier molecular flexibility index (Phi) is 6.45. The zero-order valence-electron chi connectivity index (χ0n) is 14.5. The first-order chi connectivity index (χ1) is 12.1. The number of esters is 1. The van der Waals surface area contributed by atoms with Crippen molar-refractivity contribution in [3.8, 4) is 11.5 Å². The minimum Gasteiger partial charge on any atom is -0.493 e. The summed E-state index contributed by atoms with van der Waals surface area (Å²) in [6.45, 7) is 2.35. The van der Waals surface area contributed by atoms with Crippen LogP contribution in [0.2, 0.25) is 0 Å². The molecule has 25 heavy (non-hydrogen) atoms. The van der Waals surface area contributed by atoms with Crippen LogP contribution in [0.25, 0.3) is 0 Å². The van der Waals surface area contributed by atoms with Crippen molar-refractivity contribution in [3.05, 3.63) is 47.9 Å². The number of furan rings is 1. The van der Waals surface area contributed by atoms with Crippen molar-refractivity contribution in [3.63, 3.8) is 0 Å².